The first kappa shape index (κ1) is 11.8. The number of allylic oxidation sites excluding steroid dienone is 1. The molecule has 0 aromatic rings. The van der Waals surface area contributed by atoms with E-state index < -0.39 is 11.9 Å². The Labute approximate surface area is 88.9 Å². The van der Waals surface area contributed by atoms with Crippen LogP contribution in [-0.2, 0) is 14.3 Å². The van der Waals surface area contributed by atoms with Gasteiger partial charge in [-0.05, 0) is 18.3 Å². The molecule has 1 fully saturated rings. The van der Waals surface area contributed by atoms with Gasteiger partial charge in [-0.2, -0.15) is 0 Å². The van der Waals surface area contributed by atoms with Crippen molar-refractivity contribution < 1.29 is 19.4 Å². The molecule has 2 atom stereocenters. The predicted octanol–water partition coefficient (Wildman–Crippen LogP) is 1.46. The molecule has 1 saturated carbocycles. The zero-order valence-corrected chi connectivity index (χ0v) is 9.19. The molecule has 84 valence electrons. The van der Waals surface area contributed by atoms with Crippen LogP contribution in [-0.4, -0.2) is 23.7 Å². The minimum Gasteiger partial charge on any atom is -0.481 e. The Hall–Kier alpha value is -1.32. The molecule has 0 aliphatic heterocycles. The van der Waals surface area contributed by atoms with Crippen molar-refractivity contribution in [1.82, 2.24) is 0 Å². The zero-order valence-electron chi connectivity index (χ0n) is 9.19. The van der Waals surface area contributed by atoms with Gasteiger partial charge in [0.2, 0.25) is 0 Å². The standard InChI is InChI=1S/C11H16O4/c1-4-15-8(12)6-5-7-9(10(13)14)11(7,2)3/h5-7,9H,4H2,1-3H3,(H,13,14)/b6-5+. The zero-order chi connectivity index (χ0) is 11.6. The number of hydrogen-bond acceptors (Lipinski definition) is 3. The van der Waals surface area contributed by atoms with Crippen LogP contribution in [0.15, 0.2) is 12.2 Å². The van der Waals surface area contributed by atoms with E-state index in [-0.39, 0.29) is 17.3 Å². The smallest absolute Gasteiger partial charge is 0.330 e. The first-order chi connectivity index (χ1) is 6.91. The highest BCUT2D eigenvalue weighted by molar-refractivity contribution is 5.83. The summed E-state index contributed by atoms with van der Waals surface area (Å²) in [6, 6.07) is 0. The summed E-state index contributed by atoms with van der Waals surface area (Å²) >= 11 is 0. The minimum atomic E-state index is -0.807. The van der Waals surface area contributed by atoms with Crippen LogP contribution in [0.5, 0.6) is 0 Å². The van der Waals surface area contributed by atoms with E-state index in [1.54, 1.807) is 13.0 Å². The molecule has 1 N–H and O–H groups in total. The van der Waals surface area contributed by atoms with E-state index in [4.69, 9.17) is 9.84 Å². The van der Waals surface area contributed by atoms with Gasteiger partial charge in [0.05, 0.1) is 12.5 Å². The van der Waals surface area contributed by atoms with Gasteiger partial charge in [0.25, 0.3) is 0 Å². The number of aliphatic carboxylic acids is 1. The van der Waals surface area contributed by atoms with Crippen molar-refractivity contribution >= 4 is 11.9 Å². The normalized spacial score (nSPS) is 27.7. The predicted molar refractivity (Wildman–Crippen MR) is 54.2 cm³/mol. The molecule has 0 saturated heterocycles. The summed E-state index contributed by atoms with van der Waals surface area (Å²) in [5, 5.41) is 8.88. The van der Waals surface area contributed by atoms with Gasteiger partial charge in [-0.25, -0.2) is 4.79 Å². The molecule has 15 heavy (non-hydrogen) atoms. The number of carbonyl (C=O) groups is 2. The molecule has 0 amide bonds. The highest BCUT2D eigenvalue weighted by Gasteiger charge is 2.60. The molecule has 1 aliphatic rings. The molecule has 0 spiro atoms. The minimum absolute atomic E-state index is 0.0700. The van der Waals surface area contributed by atoms with Crippen molar-refractivity contribution in [2.45, 2.75) is 20.8 Å². The van der Waals surface area contributed by atoms with Crippen LogP contribution in [0, 0.1) is 17.3 Å². The van der Waals surface area contributed by atoms with Crippen LogP contribution < -0.4 is 0 Å². The van der Waals surface area contributed by atoms with Crippen LogP contribution in [0.25, 0.3) is 0 Å². The Kier molecular flexibility index (Phi) is 3.17. The van der Waals surface area contributed by atoms with E-state index in [0.717, 1.165) is 0 Å². The summed E-state index contributed by atoms with van der Waals surface area (Å²) in [7, 11) is 0. The third-order valence-corrected chi connectivity index (χ3v) is 2.90. The summed E-state index contributed by atoms with van der Waals surface area (Å²) < 4.78 is 4.71. The third-order valence-electron chi connectivity index (χ3n) is 2.90. The van der Waals surface area contributed by atoms with Crippen molar-refractivity contribution in [1.29, 1.82) is 0 Å². The fourth-order valence-corrected chi connectivity index (χ4v) is 1.88. The number of ether oxygens (including phenoxy) is 1. The van der Waals surface area contributed by atoms with Gasteiger partial charge in [0, 0.05) is 6.08 Å². The fourth-order valence-electron chi connectivity index (χ4n) is 1.88. The Morgan fingerprint density at radius 1 is 1.47 bits per heavy atom. The first-order valence-electron chi connectivity index (χ1n) is 4.99. The molecule has 4 heteroatoms. The lowest BCUT2D eigenvalue weighted by atomic mass is 10.1. The van der Waals surface area contributed by atoms with Gasteiger partial charge in [-0.3, -0.25) is 4.79 Å². The van der Waals surface area contributed by atoms with Crippen molar-refractivity contribution in [3.63, 3.8) is 0 Å². The van der Waals surface area contributed by atoms with Gasteiger partial charge in [0.1, 0.15) is 0 Å². The van der Waals surface area contributed by atoms with Crippen LogP contribution in [0.1, 0.15) is 20.8 Å². The molecule has 0 radical (unpaired) electrons. The molecule has 1 rings (SSSR count). The first-order valence-corrected chi connectivity index (χ1v) is 4.99. The lowest BCUT2D eigenvalue weighted by Gasteiger charge is -1.97. The second kappa shape index (κ2) is 4.04. The van der Waals surface area contributed by atoms with Crippen molar-refractivity contribution in [3.8, 4) is 0 Å². The second-order valence-electron chi connectivity index (χ2n) is 4.27. The quantitative estimate of drug-likeness (QED) is 0.566. The molecular formula is C11H16O4. The second-order valence-corrected chi connectivity index (χ2v) is 4.27. The summed E-state index contributed by atoms with van der Waals surface area (Å²) in [6.45, 7) is 5.82. The Bertz CT molecular complexity index is 304. The maximum absolute atomic E-state index is 11.0. The van der Waals surface area contributed by atoms with Crippen LogP contribution in [0.3, 0.4) is 0 Å². The van der Waals surface area contributed by atoms with E-state index >= 15 is 0 Å². The van der Waals surface area contributed by atoms with Gasteiger partial charge in [0.15, 0.2) is 0 Å². The molecule has 0 heterocycles. The summed E-state index contributed by atoms with van der Waals surface area (Å²) in [5.41, 5.74) is -0.255. The van der Waals surface area contributed by atoms with Crippen LogP contribution >= 0.6 is 0 Å². The average molecular weight is 212 g/mol. The van der Waals surface area contributed by atoms with Gasteiger partial charge in [-0.1, -0.05) is 19.9 Å². The molecule has 0 bridgehead atoms. The van der Waals surface area contributed by atoms with E-state index in [1.165, 1.54) is 6.08 Å². The van der Waals surface area contributed by atoms with E-state index in [2.05, 4.69) is 0 Å². The van der Waals surface area contributed by atoms with E-state index in [1.807, 2.05) is 13.8 Å². The molecule has 2 unspecified atom stereocenters. The molecule has 4 nitrogen and oxygen atoms in total. The van der Waals surface area contributed by atoms with Gasteiger partial charge < -0.3 is 9.84 Å². The fraction of sp³-hybridized carbons (Fsp3) is 0.636. The van der Waals surface area contributed by atoms with E-state index in [0.29, 0.717) is 6.61 Å². The number of carbonyl (C=O) groups excluding carboxylic acids is 1. The lowest BCUT2D eigenvalue weighted by molar-refractivity contribution is -0.140. The Morgan fingerprint density at radius 3 is 2.47 bits per heavy atom. The molecule has 1 aliphatic carbocycles. The largest absolute Gasteiger partial charge is 0.481 e. The van der Waals surface area contributed by atoms with E-state index in [9.17, 15) is 9.59 Å². The monoisotopic (exact) mass is 212 g/mol. The number of carboxylic acid groups (broad SMARTS) is 1. The topological polar surface area (TPSA) is 63.6 Å². The third kappa shape index (κ3) is 2.37. The summed E-state index contributed by atoms with van der Waals surface area (Å²) in [5.74, 6) is -1.68. The molecule has 0 aromatic heterocycles. The van der Waals surface area contributed by atoms with Gasteiger partial charge in [-0.15, -0.1) is 0 Å². The maximum Gasteiger partial charge on any atom is 0.330 e. The highest BCUT2D eigenvalue weighted by atomic mass is 16.5. The number of hydrogen-bond donors (Lipinski definition) is 1. The lowest BCUT2D eigenvalue weighted by Crippen LogP contribution is -2.03. The Morgan fingerprint density at radius 2 is 2.07 bits per heavy atom. The number of esters is 1. The van der Waals surface area contributed by atoms with Crippen molar-refractivity contribution in [2.75, 3.05) is 6.61 Å². The SMILES string of the molecule is CCOC(=O)/C=C/C1C(C(=O)O)C1(C)C. The summed E-state index contributed by atoms with van der Waals surface area (Å²) in [4.78, 5) is 21.8. The molecular weight excluding hydrogens is 196 g/mol. The molecule has 0 aromatic carbocycles. The van der Waals surface area contributed by atoms with Crippen LogP contribution in [0.4, 0.5) is 0 Å². The summed E-state index contributed by atoms with van der Waals surface area (Å²) in [6.07, 6.45) is 2.95. The average Bonchev–Trinajstić information content (AvgIpc) is 2.65. The Balaban J connectivity index is 2.55. The highest BCUT2D eigenvalue weighted by Crippen LogP contribution is 2.58. The van der Waals surface area contributed by atoms with Gasteiger partial charge >= 0.3 is 11.9 Å². The van der Waals surface area contributed by atoms with Crippen LogP contribution in [0.2, 0.25) is 0 Å². The van der Waals surface area contributed by atoms with Crippen molar-refractivity contribution in [3.05, 3.63) is 12.2 Å². The number of carboxylic acids is 1. The van der Waals surface area contributed by atoms with Crippen molar-refractivity contribution in [2.24, 2.45) is 17.3 Å². The maximum atomic E-state index is 11.0. The number of rotatable bonds is 4.